The highest BCUT2D eigenvalue weighted by molar-refractivity contribution is 6.31. The summed E-state index contributed by atoms with van der Waals surface area (Å²) < 4.78 is 5.54. The SMILES string of the molecule is Cc1ccc(-c2noc(C3CCN(CC(=O)Nc4cccc(Cl)c4C)CC3)n2)cc1. The molecule has 0 bridgehead atoms. The number of anilines is 1. The zero-order valence-electron chi connectivity index (χ0n) is 17.2. The maximum absolute atomic E-state index is 12.4. The summed E-state index contributed by atoms with van der Waals surface area (Å²) in [4.78, 5) is 19.2. The average molecular weight is 425 g/mol. The van der Waals surface area contributed by atoms with Crippen LogP contribution in [0.2, 0.25) is 5.02 Å². The molecule has 1 saturated heterocycles. The van der Waals surface area contributed by atoms with Gasteiger partial charge in [-0.2, -0.15) is 4.98 Å². The molecule has 4 rings (SSSR count). The number of carbonyl (C=O) groups is 1. The van der Waals surface area contributed by atoms with Gasteiger partial charge in [-0.15, -0.1) is 0 Å². The number of nitrogens with zero attached hydrogens (tertiary/aromatic N) is 3. The predicted octanol–water partition coefficient (Wildman–Crippen LogP) is 4.82. The first-order valence-corrected chi connectivity index (χ1v) is 10.6. The van der Waals surface area contributed by atoms with Gasteiger partial charge >= 0.3 is 0 Å². The van der Waals surface area contributed by atoms with Gasteiger partial charge in [-0.05, 0) is 57.5 Å². The topological polar surface area (TPSA) is 71.3 Å². The quantitative estimate of drug-likeness (QED) is 0.635. The number of aromatic nitrogens is 2. The predicted molar refractivity (Wildman–Crippen MR) is 118 cm³/mol. The van der Waals surface area contributed by atoms with E-state index in [1.54, 1.807) is 0 Å². The standard InChI is InChI=1S/C23H25ClN4O2/c1-15-6-8-17(9-7-15)22-26-23(30-27-22)18-10-12-28(13-11-18)14-21(29)25-20-5-3-4-19(24)16(20)2/h3-9,18H,10-14H2,1-2H3,(H,25,29). The Morgan fingerprint density at radius 2 is 1.90 bits per heavy atom. The second-order valence-corrected chi connectivity index (χ2v) is 8.24. The van der Waals surface area contributed by atoms with Crippen molar-refractivity contribution < 1.29 is 9.32 Å². The Bertz CT molecular complexity index is 1020. The fourth-order valence-electron chi connectivity index (χ4n) is 3.69. The lowest BCUT2D eigenvalue weighted by atomic mass is 9.97. The molecule has 0 aliphatic carbocycles. The number of rotatable bonds is 5. The molecule has 3 aromatic rings. The molecular formula is C23H25ClN4O2. The third-order valence-electron chi connectivity index (χ3n) is 5.60. The van der Waals surface area contributed by atoms with Crippen LogP contribution in [0.3, 0.4) is 0 Å². The third-order valence-corrected chi connectivity index (χ3v) is 6.01. The third kappa shape index (κ3) is 4.71. The number of hydrogen-bond donors (Lipinski definition) is 1. The smallest absolute Gasteiger partial charge is 0.238 e. The number of benzene rings is 2. The zero-order chi connectivity index (χ0) is 21.1. The van der Waals surface area contributed by atoms with Gasteiger partial charge in [-0.25, -0.2) is 0 Å². The molecule has 0 saturated carbocycles. The van der Waals surface area contributed by atoms with Gasteiger partial charge in [0.25, 0.3) is 0 Å². The zero-order valence-corrected chi connectivity index (χ0v) is 17.9. The van der Waals surface area contributed by atoms with Crippen molar-refractivity contribution in [2.45, 2.75) is 32.6 Å². The van der Waals surface area contributed by atoms with E-state index in [-0.39, 0.29) is 11.8 Å². The summed E-state index contributed by atoms with van der Waals surface area (Å²) in [5.74, 6) is 1.51. The van der Waals surface area contributed by atoms with Crippen LogP contribution in [-0.4, -0.2) is 40.6 Å². The largest absolute Gasteiger partial charge is 0.339 e. The normalized spacial score (nSPS) is 15.3. The first kappa shape index (κ1) is 20.6. The van der Waals surface area contributed by atoms with Crippen molar-refractivity contribution in [3.8, 4) is 11.4 Å². The summed E-state index contributed by atoms with van der Waals surface area (Å²) in [7, 11) is 0. The molecule has 1 aliphatic rings. The summed E-state index contributed by atoms with van der Waals surface area (Å²) in [5, 5.41) is 7.76. The van der Waals surface area contributed by atoms with E-state index in [0.717, 1.165) is 42.7 Å². The van der Waals surface area contributed by atoms with E-state index in [1.165, 1.54) is 5.56 Å². The number of piperidine rings is 1. The minimum atomic E-state index is -0.0294. The first-order valence-electron chi connectivity index (χ1n) is 10.2. The number of nitrogens with one attached hydrogen (secondary N) is 1. The maximum Gasteiger partial charge on any atom is 0.238 e. The Morgan fingerprint density at radius 3 is 2.63 bits per heavy atom. The van der Waals surface area contributed by atoms with Crippen LogP contribution in [0.25, 0.3) is 11.4 Å². The first-order chi connectivity index (χ1) is 14.5. The lowest BCUT2D eigenvalue weighted by Crippen LogP contribution is -2.38. The van der Waals surface area contributed by atoms with Gasteiger partial charge in [0.2, 0.25) is 17.6 Å². The lowest BCUT2D eigenvalue weighted by molar-refractivity contribution is -0.117. The molecule has 1 aromatic heterocycles. The molecular weight excluding hydrogens is 400 g/mol. The highest BCUT2D eigenvalue weighted by Crippen LogP contribution is 2.29. The number of aryl methyl sites for hydroxylation is 1. The van der Waals surface area contributed by atoms with Crippen LogP contribution in [0.15, 0.2) is 47.0 Å². The molecule has 0 unspecified atom stereocenters. The molecule has 7 heteroatoms. The molecule has 156 valence electrons. The van der Waals surface area contributed by atoms with Crippen LogP contribution >= 0.6 is 11.6 Å². The van der Waals surface area contributed by atoms with Crippen LogP contribution < -0.4 is 5.32 Å². The molecule has 0 atom stereocenters. The van der Waals surface area contributed by atoms with Crippen LogP contribution in [0.5, 0.6) is 0 Å². The van der Waals surface area contributed by atoms with Crippen LogP contribution in [0, 0.1) is 13.8 Å². The number of carbonyl (C=O) groups excluding carboxylic acids is 1. The van der Waals surface area contributed by atoms with E-state index in [9.17, 15) is 4.79 Å². The second kappa shape index (κ2) is 8.98. The molecule has 1 fully saturated rings. The van der Waals surface area contributed by atoms with Crippen molar-refractivity contribution in [1.29, 1.82) is 0 Å². The lowest BCUT2D eigenvalue weighted by Gasteiger charge is -2.29. The van der Waals surface area contributed by atoms with Crippen LogP contribution in [0.4, 0.5) is 5.69 Å². The van der Waals surface area contributed by atoms with Crippen molar-refractivity contribution in [3.63, 3.8) is 0 Å². The summed E-state index contributed by atoms with van der Waals surface area (Å²) in [6.45, 7) is 5.94. The molecule has 0 radical (unpaired) electrons. The average Bonchev–Trinajstić information content (AvgIpc) is 3.23. The van der Waals surface area contributed by atoms with Gasteiger partial charge in [0.1, 0.15) is 0 Å². The second-order valence-electron chi connectivity index (χ2n) is 7.83. The van der Waals surface area contributed by atoms with Crippen molar-refractivity contribution in [2.24, 2.45) is 0 Å². The molecule has 30 heavy (non-hydrogen) atoms. The highest BCUT2D eigenvalue weighted by atomic mass is 35.5. The summed E-state index contributed by atoms with van der Waals surface area (Å²) in [5.41, 5.74) is 3.80. The van der Waals surface area contributed by atoms with E-state index in [1.807, 2.05) is 49.4 Å². The fourth-order valence-corrected chi connectivity index (χ4v) is 3.87. The van der Waals surface area contributed by atoms with E-state index >= 15 is 0 Å². The van der Waals surface area contributed by atoms with Crippen molar-refractivity contribution in [3.05, 3.63) is 64.5 Å². The number of likely N-dealkylation sites (tertiary alicyclic amines) is 1. The van der Waals surface area contributed by atoms with Gasteiger partial charge in [0.05, 0.1) is 6.54 Å². The molecule has 2 heterocycles. The van der Waals surface area contributed by atoms with Gasteiger partial charge in [-0.1, -0.05) is 52.7 Å². The minimum Gasteiger partial charge on any atom is -0.339 e. The van der Waals surface area contributed by atoms with Gasteiger partial charge < -0.3 is 9.84 Å². The molecule has 1 amide bonds. The Kier molecular flexibility index (Phi) is 6.16. The molecule has 2 aromatic carbocycles. The fraction of sp³-hybridized carbons (Fsp3) is 0.348. The molecule has 1 N–H and O–H groups in total. The van der Waals surface area contributed by atoms with Crippen molar-refractivity contribution in [2.75, 3.05) is 25.0 Å². The Morgan fingerprint density at radius 1 is 1.17 bits per heavy atom. The summed E-state index contributed by atoms with van der Waals surface area (Å²) in [6, 6.07) is 13.6. The number of halogens is 1. The Balaban J connectivity index is 1.30. The monoisotopic (exact) mass is 424 g/mol. The van der Waals surface area contributed by atoms with Gasteiger partial charge in [0, 0.05) is 22.2 Å². The minimum absolute atomic E-state index is 0.0294. The van der Waals surface area contributed by atoms with E-state index in [2.05, 4.69) is 27.3 Å². The molecule has 1 aliphatic heterocycles. The number of amides is 1. The molecule has 0 spiro atoms. The highest BCUT2D eigenvalue weighted by Gasteiger charge is 2.26. The van der Waals surface area contributed by atoms with E-state index in [4.69, 9.17) is 16.1 Å². The summed E-state index contributed by atoms with van der Waals surface area (Å²) in [6.07, 6.45) is 1.78. The Hall–Kier alpha value is -2.70. The summed E-state index contributed by atoms with van der Waals surface area (Å²) >= 11 is 6.13. The van der Waals surface area contributed by atoms with Crippen molar-refractivity contribution >= 4 is 23.2 Å². The van der Waals surface area contributed by atoms with Crippen LogP contribution in [0.1, 0.15) is 35.8 Å². The Labute approximate surface area is 181 Å². The van der Waals surface area contributed by atoms with Gasteiger partial charge in [-0.3, -0.25) is 9.69 Å². The van der Waals surface area contributed by atoms with E-state index < -0.39 is 0 Å². The maximum atomic E-state index is 12.4. The number of hydrogen-bond acceptors (Lipinski definition) is 5. The van der Waals surface area contributed by atoms with E-state index in [0.29, 0.717) is 23.3 Å². The van der Waals surface area contributed by atoms with Gasteiger partial charge in [0.15, 0.2) is 0 Å². The molecule has 6 nitrogen and oxygen atoms in total. The van der Waals surface area contributed by atoms with Crippen molar-refractivity contribution in [1.82, 2.24) is 15.0 Å². The van der Waals surface area contributed by atoms with Crippen LogP contribution in [-0.2, 0) is 4.79 Å².